The highest BCUT2D eigenvalue weighted by atomic mass is 19.1. The summed E-state index contributed by atoms with van der Waals surface area (Å²) in [6.45, 7) is 1.60. The molecule has 6 nitrogen and oxygen atoms in total. The van der Waals surface area contributed by atoms with Crippen molar-refractivity contribution in [3.8, 4) is 5.75 Å². The van der Waals surface area contributed by atoms with E-state index in [0.29, 0.717) is 17.9 Å². The van der Waals surface area contributed by atoms with Gasteiger partial charge in [0.2, 0.25) is 5.91 Å². The van der Waals surface area contributed by atoms with Crippen LogP contribution in [0.1, 0.15) is 13.3 Å². The SMILES string of the molecule is CCC(Oc1ccccc1F)C(=O)N1CC(=O)Nc2cccnc21. The van der Waals surface area contributed by atoms with E-state index in [9.17, 15) is 14.0 Å². The van der Waals surface area contributed by atoms with Gasteiger partial charge in [0, 0.05) is 6.20 Å². The van der Waals surface area contributed by atoms with E-state index in [1.165, 1.54) is 23.2 Å². The normalized spacial score (nSPS) is 14.6. The van der Waals surface area contributed by atoms with Gasteiger partial charge >= 0.3 is 0 Å². The third kappa shape index (κ3) is 3.05. The lowest BCUT2D eigenvalue weighted by atomic mass is 10.2. The van der Waals surface area contributed by atoms with Gasteiger partial charge in [0.1, 0.15) is 6.54 Å². The Morgan fingerprint density at radius 1 is 1.38 bits per heavy atom. The zero-order chi connectivity index (χ0) is 17.1. The number of amides is 2. The van der Waals surface area contributed by atoms with Crippen LogP contribution < -0.4 is 15.0 Å². The third-order valence-electron chi connectivity index (χ3n) is 3.64. The minimum Gasteiger partial charge on any atom is -0.478 e. The summed E-state index contributed by atoms with van der Waals surface area (Å²) < 4.78 is 19.3. The van der Waals surface area contributed by atoms with Crippen LogP contribution in [0.3, 0.4) is 0 Å². The van der Waals surface area contributed by atoms with Gasteiger partial charge in [-0.2, -0.15) is 0 Å². The fourth-order valence-corrected chi connectivity index (χ4v) is 2.48. The number of halogens is 1. The Morgan fingerprint density at radius 3 is 2.92 bits per heavy atom. The summed E-state index contributed by atoms with van der Waals surface area (Å²) in [4.78, 5) is 30.1. The second-order valence-electron chi connectivity index (χ2n) is 5.29. The van der Waals surface area contributed by atoms with Crippen LogP contribution in [-0.2, 0) is 9.59 Å². The van der Waals surface area contributed by atoms with Crippen LogP contribution in [0.15, 0.2) is 42.6 Å². The molecule has 0 spiro atoms. The Hall–Kier alpha value is -2.96. The van der Waals surface area contributed by atoms with Crippen LogP contribution in [0.4, 0.5) is 15.9 Å². The summed E-state index contributed by atoms with van der Waals surface area (Å²) in [5.41, 5.74) is 0.461. The van der Waals surface area contributed by atoms with Crippen LogP contribution in [0.5, 0.6) is 5.75 Å². The first kappa shape index (κ1) is 15.9. The first-order valence-corrected chi connectivity index (χ1v) is 7.57. The number of anilines is 2. The number of aromatic nitrogens is 1. The van der Waals surface area contributed by atoms with Crippen molar-refractivity contribution in [2.75, 3.05) is 16.8 Å². The summed E-state index contributed by atoms with van der Waals surface area (Å²) >= 11 is 0. The first-order chi connectivity index (χ1) is 11.6. The highest BCUT2D eigenvalue weighted by Gasteiger charge is 2.33. The topological polar surface area (TPSA) is 71.5 Å². The summed E-state index contributed by atoms with van der Waals surface area (Å²) in [5, 5.41) is 2.66. The molecule has 7 heteroatoms. The van der Waals surface area contributed by atoms with Gasteiger partial charge in [-0.1, -0.05) is 19.1 Å². The van der Waals surface area contributed by atoms with Crippen LogP contribution in [0.25, 0.3) is 0 Å². The molecule has 0 aliphatic carbocycles. The Bertz CT molecular complexity index is 781. The predicted molar refractivity (Wildman–Crippen MR) is 86.3 cm³/mol. The van der Waals surface area contributed by atoms with Crippen LogP contribution >= 0.6 is 0 Å². The van der Waals surface area contributed by atoms with Gasteiger partial charge in [0.25, 0.3) is 5.91 Å². The number of fused-ring (bicyclic) bond motifs is 1. The smallest absolute Gasteiger partial charge is 0.269 e. The highest BCUT2D eigenvalue weighted by molar-refractivity contribution is 6.10. The predicted octanol–water partition coefficient (Wildman–Crippen LogP) is 2.36. The number of carbonyl (C=O) groups excluding carboxylic acids is 2. The van der Waals surface area contributed by atoms with E-state index in [2.05, 4.69) is 10.3 Å². The fraction of sp³-hybridized carbons (Fsp3) is 0.235. The molecule has 24 heavy (non-hydrogen) atoms. The number of nitrogens with zero attached hydrogens (tertiary/aromatic N) is 2. The summed E-state index contributed by atoms with van der Waals surface area (Å²) in [6.07, 6.45) is 0.950. The van der Waals surface area contributed by atoms with Gasteiger partial charge in [-0.25, -0.2) is 9.37 Å². The molecule has 1 aromatic carbocycles. The van der Waals surface area contributed by atoms with Crippen LogP contribution in [0, 0.1) is 5.82 Å². The van der Waals surface area contributed by atoms with Crippen LogP contribution in [-0.4, -0.2) is 29.4 Å². The molecule has 1 atom stereocenters. The molecule has 1 aromatic heterocycles. The van der Waals surface area contributed by atoms with E-state index in [1.54, 1.807) is 31.2 Å². The van der Waals surface area contributed by atoms with Crippen molar-refractivity contribution in [3.63, 3.8) is 0 Å². The van der Waals surface area contributed by atoms with Crippen LogP contribution in [0.2, 0.25) is 0 Å². The van der Waals surface area contributed by atoms with Gasteiger partial charge in [0.05, 0.1) is 5.69 Å². The average molecular weight is 329 g/mol. The molecule has 124 valence electrons. The molecule has 0 saturated carbocycles. The Kier molecular flexibility index (Phi) is 4.41. The summed E-state index contributed by atoms with van der Waals surface area (Å²) in [7, 11) is 0. The fourth-order valence-electron chi connectivity index (χ4n) is 2.48. The molecule has 0 saturated heterocycles. The molecule has 1 aliphatic heterocycles. The number of hydrogen-bond donors (Lipinski definition) is 1. The van der Waals surface area contributed by atoms with E-state index in [-0.39, 0.29) is 18.2 Å². The quantitative estimate of drug-likeness (QED) is 0.935. The molecule has 1 aliphatic rings. The lowest BCUT2D eigenvalue weighted by Gasteiger charge is -2.30. The molecule has 2 heterocycles. The maximum atomic E-state index is 13.8. The molecular formula is C17H16FN3O3. The van der Waals surface area contributed by atoms with E-state index in [0.717, 1.165) is 0 Å². The molecule has 3 rings (SSSR count). The molecule has 1 N–H and O–H groups in total. The highest BCUT2D eigenvalue weighted by Crippen LogP contribution is 2.28. The zero-order valence-electron chi connectivity index (χ0n) is 13.0. The second kappa shape index (κ2) is 6.66. The monoisotopic (exact) mass is 329 g/mol. The van der Waals surface area contributed by atoms with E-state index >= 15 is 0 Å². The average Bonchev–Trinajstić information content (AvgIpc) is 2.59. The van der Waals surface area contributed by atoms with Crippen molar-refractivity contribution in [1.29, 1.82) is 0 Å². The minimum atomic E-state index is -0.914. The third-order valence-corrected chi connectivity index (χ3v) is 3.64. The number of hydrogen-bond acceptors (Lipinski definition) is 4. The number of carbonyl (C=O) groups is 2. The number of ether oxygens (including phenoxy) is 1. The van der Waals surface area contributed by atoms with Crippen molar-refractivity contribution in [2.24, 2.45) is 0 Å². The van der Waals surface area contributed by atoms with Gasteiger partial charge in [-0.15, -0.1) is 0 Å². The first-order valence-electron chi connectivity index (χ1n) is 7.57. The maximum absolute atomic E-state index is 13.8. The summed E-state index contributed by atoms with van der Waals surface area (Å²) in [6, 6.07) is 9.22. The van der Waals surface area contributed by atoms with Gasteiger partial charge in [0.15, 0.2) is 23.5 Å². The van der Waals surface area contributed by atoms with E-state index in [1.807, 2.05) is 0 Å². The standard InChI is InChI=1S/C17H16FN3O3/c1-2-13(24-14-8-4-3-6-11(14)18)17(23)21-10-15(22)20-12-7-5-9-19-16(12)21/h3-9,13H,2,10H2,1H3,(H,20,22). The number of pyridine rings is 1. The molecule has 2 aromatic rings. The number of nitrogens with one attached hydrogen (secondary N) is 1. The number of benzene rings is 1. The maximum Gasteiger partial charge on any atom is 0.269 e. The van der Waals surface area contributed by atoms with E-state index in [4.69, 9.17) is 4.74 Å². The minimum absolute atomic E-state index is 0.000375. The van der Waals surface area contributed by atoms with Crippen molar-refractivity contribution in [1.82, 2.24) is 4.98 Å². The van der Waals surface area contributed by atoms with Gasteiger partial charge < -0.3 is 10.1 Å². The van der Waals surface area contributed by atoms with Gasteiger partial charge in [-0.3, -0.25) is 14.5 Å². The van der Waals surface area contributed by atoms with Crippen molar-refractivity contribution in [3.05, 3.63) is 48.4 Å². The van der Waals surface area contributed by atoms with E-state index < -0.39 is 17.8 Å². The lowest BCUT2D eigenvalue weighted by molar-refractivity contribution is -0.127. The molecule has 2 amide bonds. The molecular weight excluding hydrogens is 313 g/mol. The number of para-hydroxylation sites is 1. The zero-order valence-corrected chi connectivity index (χ0v) is 13.0. The lowest BCUT2D eigenvalue weighted by Crippen LogP contribution is -2.48. The Labute approximate surface area is 138 Å². The molecule has 0 bridgehead atoms. The Morgan fingerprint density at radius 2 is 2.17 bits per heavy atom. The second-order valence-corrected chi connectivity index (χ2v) is 5.29. The summed E-state index contributed by atoms with van der Waals surface area (Å²) in [5.74, 6) is -0.933. The van der Waals surface area contributed by atoms with Crippen molar-refractivity contribution < 1.29 is 18.7 Å². The molecule has 0 radical (unpaired) electrons. The number of rotatable bonds is 4. The van der Waals surface area contributed by atoms with Gasteiger partial charge in [-0.05, 0) is 30.7 Å². The Balaban J connectivity index is 1.87. The van der Waals surface area contributed by atoms with Crippen molar-refractivity contribution in [2.45, 2.75) is 19.4 Å². The largest absolute Gasteiger partial charge is 0.478 e. The molecule has 1 unspecified atom stereocenters. The van der Waals surface area contributed by atoms with Crippen molar-refractivity contribution >= 4 is 23.3 Å². The molecule has 0 fully saturated rings.